The van der Waals surface area contributed by atoms with Gasteiger partial charge >= 0.3 is 0 Å². The number of hydrogen-bond donors (Lipinski definition) is 1. The molecule has 1 N–H and O–H groups in total. The summed E-state index contributed by atoms with van der Waals surface area (Å²) in [6.07, 6.45) is 0.434. The van der Waals surface area contributed by atoms with Gasteiger partial charge in [0.2, 0.25) is 10.0 Å². The summed E-state index contributed by atoms with van der Waals surface area (Å²) in [4.78, 5) is 0.323. The summed E-state index contributed by atoms with van der Waals surface area (Å²) in [6.45, 7) is 15.5. The lowest BCUT2D eigenvalue weighted by molar-refractivity contribution is -0.0240. The zero-order chi connectivity index (χ0) is 20.5. The van der Waals surface area contributed by atoms with E-state index in [4.69, 9.17) is 0 Å². The molecular formula is C21H35NO3SSi. The number of hydrogen-bond acceptors (Lipinski definition) is 3. The third kappa shape index (κ3) is 4.24. The Kier molecular flexibility index (Phi) is 6.78. The van der Waals surface area contributed by atoms with Crippen LogP contribution in [0.15, 0.2) is 40.9 Å². The maximum atomic E-state index is 13.2. The van der Waals surface area contributed by atoms with Crippen molar-refractivity contribution in [2.75, 3.05) is 13.1 Å². The third-order valence-corrected chi connectivity index (χ3v) is 14.4. The number of benzene rings is 1. The summed E-state index contributed by atoms with van der Waals surface area (Å²) in [5.74, 6) is -0.210. The van der Waals surface area contributed by atoms with Crippen molar-refractivity contribution >= 4 is 18.1 Å². The SMILES string of the molecule is C=C([C@@H]1CN(S(=O)(=O)c2ccc(C)cc2)CC[C@]1(C)O)[Si](CC)(CC)CC. The quantitative estimate of drug-likeness (QED) is 0.681. The van der Waals surface area contributed by atoms with Gasteiger partial charge in [-0.1, -0.05) is 61.8 Å². The highest BCUT2D eigenvalue weighted by Gasteiger charge is 2.47. The molecule has 0 radical (unpaired) electrons. The van der Waals surface area contributed by atoms with Crippen molar-refractivity contribution in [3.63, 3.8) is 0 Å². The zero-order valence-corrected chi connectivity index (χ0v) is 19.3. The highest BCUT2D eigenvalue weighted by molar-refractivity contribution is 7.89. The molecule has 6 heteroatoms. The first kappa shape index (κ1) is 22.3. The second kappa shape index (κ2) is 8.19. The molecule has 1 aliphatic rings. The Balaban J connectivity index is 2.37. The van der Waals surface area contributed by atoms with E-state index in [1.54, 1.807) is 16.4 Å². The summed E-state index contributed by atoms with van der Waals surface area (Å²) >= 11 is 0. The van der Waals surface area contributed by atoms with Crippen LogP contribution < -0.4 is 0 Å². The summed E-state index contributed by atoms with van der Waals surface area (Å²) in [5, 5.41) is 12.2. The molecule has 152 valence electrons. The standard InChI is InChI=1S/C21H35NO3SSi/c1-7-27(8-2,9-3)18(5)20-16-22(15-14-21(20,6)23)26(24,25)19-12-10-17(4)11-13-19/h10-13,20,23H,5,7-9,14-16H2,1-4,6H3/t20-,21-/m0/s1. The molecule has 1 fully saturated rings. The lowest BCUT2D eigenvalue weighted by Gasteiger charge is -2.47. The van der Waals surface area contributed by atoms with Gasteiger partial charge in [-0.25, -0.2) is 8.42 Å². The highest BCUT2D eigenvalue weighted by Crippen LogP contribution is 2.41. The van der Waals surface area contributed by atoms with Gasteiger partial charge in [0.1, 0.15) is 0 Å². The average Bonchev–Trinajstić information content (AvgIpc) is 2.63. The number of aliphatic hydroxyl groups is 1. The zero-order valence-electron chi connectivity index (χ0n) is 17.5. The van der Waals surface area contributed by atoms with E-state index in [0.717, 1.165) is 28.9 Å². The van der Waals surface area contributed by atoms with Crippen molar-refractivity contribution in [3.8, 4) is 0 Å². The lowest BCUT2D eigenvalue weighted by Crippen LogP contribution is -2.55. The Morgan fingerprint density at radius 2 is 1.74 bits per heavy atom. The molecule has 0 unspecified atom stereocenters. The fourth-order valence-corrected chi connectivity index (χ4v) is 9.84. The Morgan fingerprint density at radius 1 is 1.22 bits per heavy atom. The number of rotatable bonds is 7. The Morgan fingerprint density at radius 3 is 2.22 bits per heavy atom. The van der Waals surface area contributed by atoms with E-state index >= 15 is 0 Å². The van der Waals surface area contributed by atoms with E-state index in [1.165, 1.54) is 0 Å². The van der Waals surface area contributed by atoms with Crippen molar-refractivity contribution in [3.05, 3.63) is 41.6 Å². The molecule has 1 heterocycles. The number of piperidine rings is 1. The number of nitrogens with zero attached hydrogens (tertiary/aromatic N) is 1. The van der Waals surface area contributed by atoms with Crippen molar-refractivity contribution < 1.29 is 13.5 Å². The fourth-order valence-electron chi connectivity index (χ4n) is 4.38. The van der Waals surface area contributed by atoms with E-state index in [-0.39, 0.29) is 5.92 Å². The van der Waals surface area contributed by atoms with Gasteiger partial charge in [0.25, 0.3) is 0 Å². The molecule has 1 saturated heterocycles. The predicted molar refractivity (Wildman–Crippen MR) is 115 cm³/mol. The fraction of sp³-hybridized carbons (Fsp3) is 0.619. The van der Waals surface area contributed by atoms with E-state index in [9.17, 15) is 13.5 Å². The molecule has 0 aliphatic carbocycles. The molecule has 0 amide bonds. The third-order valence-electron chi connectivity index (χ3n) is 6.80. The van der Waals surface area contributed by atoms with Crippen LogP contribution in [-0.4, -0.2) is 44.6 Å². The van der Waals surface area contributed by atoms with Gasteiger partial charge < -0.3 is 5.11 Å². The highest BCUT2D eigenvalue weighted by atomic mass is 32.2. The van der Waals surface area contributed by atoms with Crippen LogP contribution in [0, 0.1) is 12.8 Å². The Bertz CT molecular complexity index is 759. The van der Waals surface area contributed by atoms with Crippen LogP contribution in [-0.2, 0) is 10.0 Å². The van der Waals surface area contributed by atoms with Crippen LogP contribution in [0.1, 0.15) is 39.7 Å². The molecule has 2 rings (SSSR count). The lowest BCUT2D eigenvalue weighted by atomic mass is 9.83. The molecule has 0 bridgehead atoms. The first-order valence-electron chi connectivity index (χ1n) is 10.0. The smallest absolute Gasteiger partial charge is 0.243 e. The van der Waals surface area contributed by atoms with E-state index in [2.05, 4.69) is 27.4 Å². The van der Waals surface area contributed by atoms with Crippen molar-refractivity contribution in [2.45, 2.75) is 69.7 Å². The molecule has 1 aromatic rings. The maximum Gasteiger partial charge on any atom is 0.243 e. The molecular weight excluding hydrogens is 374 g/mol. The predicted octanol–water partition coefficient (Wildman–Crippen LogP) is 4.36. The van der Waals surface area contributed by atoms with Gasteiger partial charge in [-0.05, 0) is 32.4 Å². The van der Waals surface area contributed by atoms with E-state index < -0.39 is 23.7 Å². The first-order valence-corrected chi connectivity index (χ1v) is 14.1. The van der Waals surface area contributed by atoms with Gasteiger partial charge in [0.05, 0.1) is 18.6 Å². The minimum absolute atomic E-state index is 0.210. The van der Waals surface area contributed by atoms with Crippen LogP contribution >= 0.6 is 0 Å². The monoisotopic (exact) mass is 409 g/mol. The molecule has 27 heavy (non-hydrogen) atoms. The molecule has 0 aromatic heterocycles. The number of sulfonamides is 1. The first-order chi connectivity index (χ1) is 12.5. The van der Waals surface area contributed by atoms with Gasteiger partial charge in [0, 0.05) is 19.0 Å². The van der Waals surface area contributed by atoms with Gasteiger partial charge in [0.15, 0.2) is 0 Å². The number of aryl methyl sites for hydroxylation is 1. The molecule has 4 nitrogen and oxygen atoms in total. The average molecular weight is 410 g/mol. The second-order valence-corrected chi connectivity index (χ2v) is 15.5. The largest absolute Gasteiger partial charge is 0.389 e. The van der Waals surface area contributed by atoms with Gasteiger partial charge in [-0.15, -0.1) is 6.58 Å². The molecule has 1 aromatic carbocycles. The van der Waals surface area contributed by atoms with Crippen LogP contribution in [0.2, 0.25) is 18.1 Å². The van der Waals surface area contributed by atoms with Gasteiger partial charge in [-0.3, -0.25) is 0 Å². The van der Waals surface area contributed by atoms with E-state index in [1.807, 2.05) is 26.0 Å². The van der Waals surface area contributed by atoms with Gasteiger partial charge in [-0.2, -0.15) is 4.31 Å². The Hall–Kier alpha value is -0.953. The minimum Gasteiger partial charge on any atom is -0.389 e. The van der Waals surface area contributed by atoms with Crippen molar-refractivity contribution in [2.24, 2.45) is 5.92 Å². The van der Waals surface area contributed by atoms with Crippen molar-refractivity contribution in [1.29, 1.82) is 0 Å². The van der Waals surface area contributed by atoms with Crippen molar-refractivity contribution in [1.82, 2.24) is 4.31 Å². The Labute approximate surface area is 166 Å². The maximum absolute atomic E-state index is 13.2. The van der Waals surface area contributed by atoms with Crippen LogP contribution in [0.5, 0.6) is 0 Å². The summed E-state index contributed by atoms with van der Waals surface area (Å²) in [5.41, 5.74) is 0.125. The van der Waals surface area contributed by atoms with E-state index in [0.29, 0.717) is 24.4 Å². The van der Waals surface area contributed by atoms with Crippen LogP contribution in [0.3, 0.4) is 0 Å². The molecule has 1 aliphatic heterocycles. The van der Waals surface area contributed by atoms with Crippen LogP contribution in [0.4, 0.5) is 0 Å². The molecule has 0 saturated carbocycles. The summed E-state index contributed by atoms with van der Waals surface area (Å²) in [7, 11) is -5.31. The van der Waals surface area contributed by atoms with Crippen LogP contribution in [0.25, 0.3) is 0 Å². The topological polar surface area (TPSA) is 57.6 Å². The second-order valence-electron chi connectivity index (χ2n) is 8.20. The molecule has 2 atom stereocenters. The summed E-state index contributed by atoms with van der Waals surface area (Å²) < 4.78 is 27.9. The summed E-state index contributed by atoms with van der Waals surface area (Å²) in [6, 6.07) is 10.2. The normalized spacial score (nSPS) is 24.7. The molecule has 0 spiro atoms. The minimum atomic E-state index is -3.56.